The van der Waals surface area contributed by atoms with Crippen molar-refractivity contribution in [1.82, 2.24) is 24.9 Å². The highest BCUT2D eigenvalue weighted by Gasteiger charge is 2.11. The molecule has 0 saturated heterocycles. The van der Waals surface area contributed by atoms with E-state index in [1.807, 2.05) is 24.3 Å². The van der Waals surface area contributed by atoms with E-state index in [1.54, 1.807) is 17.5 Å². The molecule has 0 radical (unpaired) electrons. The molecule has 0 aliphatic carbocycles. The van der Waals surface area contributed by atoms with Crippen LogP contribution in [0.1, 0.15) is 0 Å². The first-order valence-corrected chi connectivity index (χ1v) is 11.5. The fraction of sp³-hybridized carbons (Fsp3) is 0. The minimum absolute atomic E-state index is 0.778. The number of imidazole rings is 2. The number of aromatic nitrogens is 5. The lowest BCUT2D eigenvalue weighted by molar-refractivity contribution is 1.24. The summed E-state index contributed by atoms with van der Waals surface area (Å²) in [4.78, 5) is 22.0. The van der Waals surface area contributed by atoms with Crippen molar-refractivity contribution in [2.24, 2.45) is 0 Å². The number of H-pyrrole nitrogens is 2. The molecule has 0 fully saturated rings. The minimum Gasteiger partial charge on any atom is -0.337 e. The first-order valence-electron chi connectivity index (χ1n) is 10.7. The molecule has 4 aromatic heterocycles. The van der Waals surface area contributed by atoms with Crippen LogP contribution < -0.4 is 0 Å². The molecule has 0 unspecified atom stereocenters. The molecule has 0 aliphatic rings. The summed E-state index contributed by atoms with van der Waals surface area (Å²) in [5.74, 6) is 1.69. The van der Waals surface area contributed by atoms with Crippen molar-refractivity contribution in [3.05, 3.63) is 91.1 Å². The molecular weight excluding hydrogens is 426 g/mol. The highest BCUT2D eigenvalue weighted by atomic mass is 32.1. The Bertz CT molecular complexity index is 1740. The van der Waals surface area contributed by atoms with Gasteiger partial charge in [-0.2, -0.15) is 0 Å². The number of rotatable bonds is 3. The van der Waals surface area contributed by atoms with E-state index < -0.39 is 0 Å². The van der Waals surface area contributed by atoms with Gasteiger partial charge in [0.15, 0.2) is 5.82 Å². The predicted molar refractivity (Wildman–Crippen MR) is 135 cm³/mol. The Morgan fingerprint density at radius 3 is 2.06 bits per heavy atom. The topological polar surface area (TPSA) is 70.2 Å². The number of nitrogens with one attached hydrogen (secondary N) is 2. The van der Waals surface area contributed by atoms with E-state index in [9.17, 15) is 0 Å². The summed E-state index contributed by atoms with van der Waals surface area (Å²) in [5.41, 5.74) is 6.99. The van der Waals surface area contributed by atoms with Gasteiger partial charge in [0.1, 0.15) is 11.5 Å². The monoisotopic (exact) mass is 443 g/mol. The number of benzene rings is 3. The van der Waals surface area contributed by atoms with Gasteiger partial charge in [0.25, 0.3) is 0 Å². The Balaban J connectivity index is 1.27. The van der Waals surface area contributed by atoms with Gasteiger partial charge in [-0.15, -0.1) is 11.3 Å². The fourth-order valence-corrected chi connectivity index (χ4v) is 5.23. The Morgan fingerprint density at radius 2 is 1.33 bits per heavy atom. The molecule has 0 saturated carbocycles. The van der Waals surface area contributed by atoms with Crippen molar-refractivity contribution in [2.75, 3.05) is 0 Å². The van der Waals surface area contributed by atoms with Crippen LogP contribution in [0.2, 0.25) is 0 Å². The van der Waals surface area contributed by atoms with Gasteiger partial charge >= 0.3 is 0 Å². The average Bonchev–Trinajstić information content (AvgIpc) is 3.59. The summed E-state index contributed by atoms with van der Waals surface area (Å²) in [6.07, 6.45) is 1.78. The maximum absolute atomic E-state index is 4.83. The quantitative estimate of drug-likeness (QED) is 0.307. The van der Waals surface area contributed by atoms with Crippen LogP contribution in [0.3, 0.4) is 0 Å². The van der Waals surface area contributed by atoms with E-state index in [0.29, 0.717) is 0 Å². The van der Waals surface area contributed by atoms with Gasteiger partial charge in [0.2, 0.25) is 0 Å². The van der Waals surface area contributed by atoms with Crippen molar-refractivity contribution in [3.63, 3.8) is 0 Å². The summed E-state index contributed by atoms with van der Waals surface area (Å²) in [5, 5.41) is 1.25. The van der Waals surface area contributed by atoms with Gasteiger partial charge in [-0.1, -0.05) is 36.4 Å². The van der Waals surface area contributed by atoms with Crippen LogP contribution >= 0.6 is 11.3 Å². The molecule has 0 bridgehead atoms. The van der Waals surface area contributed by atoms with Crippen LogP contribution in [-0.4, -0.2) is 24.9 Å². The van der Waals surface area contributed by atoms with Crippen molar-refractivity contribution < 1.29 is 0 Å². The van der Waals surface area contributed by atoms with Crippen LogP contribution in [-0.2, 0) is 0 Å². The van der Waals surface area contributed by atoms with E-state index in [0.717, 1.165) is 55.4 Å². The zero-order valence-corrected chi connectivity index (χ0v) is 18.2. The molecule has 0 atom stereocenters. The second-order valence-electron chi connectivity index (χ2n) is 8.00. The largest absolute Gasteiger partial charge is 0.337 e. The van der Waals surface area contributed by atoms with Crippen molar-refractivity contribution in [2.45, 2.75) is 0 Å². The summed E-state index contributed by atoms with van der Waals surface area (Å²) in [6.45, 7) is 0. The van der Waals surface area contributed by atoms with Gasteiger partial charge < -0.3 is 9.97 Å². The van der Waals surface area contributed by atoms with Crippen LogP contribution in [0.4, 0.5) is 0 Å². The summed E-state index contributed by atoms with van der Waals surface area (Å²) < 4.78 is 1.27. The third-order valence-corrected chi connectivity index (χ3v) is 6.99. The standard InChI is InChI=1S/C27H17N5S/c1-2-7-24-18(5-1)15-25(33-24)27-30-20-11-9-17(14-23(20)32-27)16-8-10-19-22(13-16)31-26(29-19)21-6-3-4-12-28-21/h1-15H,(H,29,31)(H,30,32). The number of hydrogen-bond donors (Lipinski definition) is 2. The predicted octanol–water partition coefficient (Wildman–Crippen LogP) is 7.05. The molecule has 0 amide bonds. The third kappa shape index (κ3) is 3.11. The Hall–Kier alpha value is -4.29. The first-order chi connectivity index (χ1) is 16.3. The van der Waals surface area contributed by atoms with Gasteiger partial charge in [0.05, 0.1) is 26.9 Å². The SMILES string of the molecule is c1ccc(-c2nc3ccc(-c4ccc5nc(-c6cc7ccccc7s6)[nH]c5c4)cc3[nH]2)nc1. The third-order valence-electron chi connectivity index (χ3n) is 5.86. The van der Waals surface area contributed by atoms with Crippen LogP contribution in [0, 0.1) is 0 Å². The molecule has 2 N–H and O–H groups in total. The number of aromatic amines is 2. The number of thiophene rings is 1. The first kappa shape index (κ1) is 18.3. The molecule has 7 rings (SSSR count). The second kappa shape index (κ2) is 7.12. The maximum Gasteiger partial charge on any atom is 0.157 e. The molecule has 7 aromatic rings. The summed E-state index contributed by atoms with van der Waals surface area (Å²) >= 11 is 1.76. The van der Waals surface area contributed by atoms with E-state index >= 15 is 0 Å². The zero-order valence-electron chi connectivity index (χ0n) is 17.4. The Labute approximate surface area is 192 Å². The van der Waals surface area contributed by atoms with Gasteiger partial charge in [0, 0.05) is 10.9 Å². The van der Waals surface area contributed by atoms with Crippen LogP contribution in [0.25, 0.3) is 65.5 Å². The van der Waals surface area contributed by atoms with E-state index in [2.05, 4.69) is 80.6 Å². The zero-order chi connectivity index (χ0) is 21.8. The molecular formula is C27H17N5S. The Morgan fingerprint density at radius 1 is 0.636 bits per heavy atom. The maximum atomic E-state index is 4.83. The molecule has 0 spiro atoms. The van der Waals surface area contributed by atoms with Gasteiger partial charge in [-0.3, -0.25) is 4.98 Å². The average molecular weight is 444 g/mol. The van der Waals surface area contributed by atoms with Crippen molar-refractivity contribution >= 4 is 43.5 Å². The smallest absolute Gasteiger partial charge is 0.157 e. The van der Waals surface area contributed by atoms with Gasteiger partial charge in [-0.25, -0.2) is 9.97 Å². The number of fused-ring (bicyclic) bond motifs is 3. The molecule has 0 aliphatic heterocycles. The highest BCUT2D eigenvalue weighted by Crippen LogP contribution is 2.34. The van der Waals surface area contributed by atoms with Gasteiger partial charge in [-0.05, 0) is 65.0 Å². The highest BCUT2D eigenvalue weighted by molar-refractivity contribution is 7.22. The van der Waals surface area contributed by atoms with Crippen molar-refractivity contribution in [3.8, 4) is 33.3 Å². The lowest BCUT2D eigenvalue weighted by Crippen LogP contribution is -1.82. The molecule has 4 heterocycles. The molecule has 156 valence electrons. The number of nitrogens with zero attached hydrogens (tertiary/aromatic N) is 3. The number of pyridine rings is 1. The molecule has 6 heteroatoms. The molecule has 3 aromatic carbocycles. The van der Waals surface area contributed by atoms with Crippen LogP contribution in [0.15, 0.2) is 91.1 Å². The second-order valence-corrected chi connectivity index (χ2v) is 9.08. The van der Waals surface area contributed by atoms with E-state index in [4.69, 9.17) is 4.98 Å². The number of hydrogen-bond acceptors (Lipinski definition) is 4. The molecule has 5 nitrogen and oxygen atoms in total. The fourth-order valence-electron chi connectivity index (χ4n) is 4.22. The summed E-state index contributed by atoms with van der Waals surface area (Å²) in [6, 6.07) is 29.1. The lowest BCUT2D eigenvalue weighted by Gasteiger charge is -2.01. The Kier molecular flexibility index (Phi) is 3.95. The van der Waals surface area contributed by atoms with Crippen LogP contribution in [0.5, 0.6) is 0 Å². The van der Waals surface area contributed by atoms with Crippen molar-refractivity contribution in [1.29, 1.82) is 0 Å². The summed E-state index contributed by atoms with van der Waals surface area (Å²) in [7, 11) is 0. The minimum atomic E-state index is 0.778. The molecule has 33 heavy (non-hydrogen) atoms. The lowest BCUT2D eigenvalue weighted by atomic mass is 10.0. The normalized spacial score (nSPS) is 11.6. The van der Waals surface area contributed by atoms with E-state index in [-0.39, 0.29) is 0 Å². The van der Waals surface area contributed by atoms with E-state index in [1.165, 1.54) is 10.1 Å².